The predicted molar refractivity (Wildman–Crippen MR) is 65.1 cm³/mol. The van der Waals surface area contributed by atoms with Gasteiger partial charge < -0.3 is 5.73 Å². The van der Waals surface area contributed by atoms with Crippen molar-refractivity contribution in [2.75, 3.05) is 18.1 Å². The standard InChI is InChI=1S/C12H18NP/c13-12-6-4-11(5-7-12)10-14-8-2-1-3-9-14/h4-7H,1-3,8-10,13H2. The number of nitrogen functional groups attached to an aromatic ring is 1. The fourth-order valence-corrected chi connectivity index (χ4v) is 4.61. The molecule has 0 amide bonds. The first-order valence-corrected chi connectivity index (χ1v) is 7.31. The molecule has 2 rings (SSSR count). The van der Waals surface area contributed by atoms with Gasteiger partial charge in [0.05, 0.1) is 0 Å². The Labute approximate surface area is 87.5 Å². The third-order valence-corrected chi connectivity index (χ3v) is 5.54. The molecule has 1 saturated heterocycles. The van der Waals surface area contributed by atoms with E-state index in [0.717, 1.165) is 5.69 Å². The number of nitrogens with two attached hydrogens (primary N) is 1. The van der Waals surface area contributed by atoms with Crippen LogP contribution in [0.1, 0.15) is 24.8 Å². The Balaban J connectivity index is 1.92. The Morgan fingerprint density at radius 1 is 1.00 bits per heavy atom. The molecule has 0 atom stereocenters. The summed E-state index contributed by atoms with van der Waals surface area (Å²) < 4.78 is 0. The van der Waals surface area contributed by atoms with E-state index >= 15 is 0 Å². The first kappa shape index (κ1) is 9.98. The highest BCUT2D eigenvalue weighted by atomic mass is 31.1. The Kier molecular flexibility index (Phi) is 3.42. The van der Waals surface area contributed by atoms with Gasteiger partial charge in [-0.25, -0.2) is 0 Å². The van der Waals surface area contributed by atoms with E-state index in [4.69, 9.17) is 5.73 Å². The maximum absolute atomic E-state index is 5.67. The predicted octanol–water partition coefficient (Wildman–Crippen LogP) is 3.43. The summed E-state index contributed by atoms with van der Waals surface area (Å²) in [5, 5.41) is 0. The van der Waals surface area contributed by atoms with Crippen LogP contribution >= 0.6 is 7.92 Å². The van der Waals surface area contributed by atoms with Gasteiger partial charge in [0.15, 0.2) is 0 Å². The fourth-order valence-electron chi connectivity index (χ4n) is 2.00. The molecule has 1 fully saturated rings. The molecule has 76 valence electrons. The molecule has 0 radical (unpaired) electrons. The second-order valence-electron chi connectivity index (χ2n) is 4.08. The van der Waals surface area contributed by atoms with E-state index in [9.17, 15) is 0 Å². The lowest BCUT2D eigenvalue weighted by atomic mass is 10.2. The van der Waals surface area contributed by atoms with Crippen LogP contribution in [-0.4, -0.2) is 12.3 Å². The molecular weight excluding hydrogens is 189 g/mol. The summed E-state index contributed by atoms with van der Waals surface area (Å²) in [5.41, 5.74) is 8.02. The molecule has 0 bridgehead atoms. The van der Waals surface area contributed by atoms with Crippen molar-refractivity contribution < 1.29 is 0 Å². The Hall–Kier alpha value is -0.550. The highest BCUT2D eigenvalue weighted by molar-refractivity contribution is 7.56. The van der Waals surface area contributed by atoms with E-state index < -0.39 is 0 Å². The first-order chi connectivity index (χ1) is 6.84. The number of hydrogen-bond donors (Lipinski definition) is 1. The van der Waals surface area contributed by atoms with Crippen molar-refractivity contribution >= 4 is 13.6 Å². The monoisotopic (exact) mass is 207 g/mol. The summed E-state index contributed by atoms with van der Waals surface area (Å²) in [6, 6.07) is 8.42. The van der Waals surface area contributed by atoms with Crippen molar-refractivity contribution in [3.05, 3.63) is 29.8 Å². The van der Waals surface area contributed by atoms with Gasteiger partial charge in [0.1, 0.15) is 0 Å². The minimum Gasteiger partial charge on any atom is -0.399 e. The van der Waals surface area contributed by atoms with E-state index in [1.165, 1.54) is 43.3 Å². The van der Waals surface area contributed by atoms with Gasteiger partial charge in [0.25, 0.3) is 0 Å². The van der Waals surface area contributed by atoms with Crippen LogP contribution in [0.3, 0.4) is 0 Å². The molecule has 0 spiro atoms. The summed E-state index contributed by atoms with van der Waals surface area (Å²) >= 11 is 0. The van der Waals surface area contributed by atoms with E-state index in [0.29, 0.717) is 7.92 Å². The van der Waals surface area contributed by atoms with Crippen molar-refractivity contribution in [1.29, 1.82) is 0 Å². The maximum atomic E-state index is 5.67. The van der Waals surface area contributed by atoms with Crippen molar-refractivity contribution in [1.82, 2.24) is 0 Å². The minimum absolute atomic E-state index is 0.302. The second-order valence-corrected chi connectivity index (χ2v) is 6.63. The Morgan fingerprint density at radius 3 is 2.29 bits per heavy atom. The van der Waals surface area contributed by atoms with E-state index in [1.807, 2.05) is 12.1 Å². The van der Waals surface area contributed by atoms with Crippen LogP contribution in [0, 0.1) is 0 Å². The summed E-state index contributed by atoms with van der Waals surface area (Å²) in [5.74, 6) is 0. The van der Waals surface area contributed by atoms with Gasteiger partial charge in [0.2, 0.25) is 0 Å². The molecule has 1 nitrogen and oxygen atoms in total. The van der Waals surface area contributed by atoms with E-state index in [2.05, 4.69) is 12.1 Å². The molecule has 14 heavy (non-hydrogen) atoms. The maximum Gasteiger partial charge on any atom is 0.0314 e. The van der Waals surface area contributed by atoms with E-state index in [-0.39, 0.29) is 0 Å². The molecule has 2 heteroatoms. The molecule has 0 unspecified atom stereocenters. The number of benzene rings is 1. The van der Waals surface area contributed by atoms with Gasteiger partial charge in [0, 0.05) is 5.69 Å². The number of anilines is 1. The molecule has 0 saturated carbocycles. The molecule has 1 aliphatic rings. The minimum atomic E-state index is 0.302. The lowest BCUT2D eigenvalue weighted by Crippen LogP contribution is -2.01. The summed E-state index contributed by atoms with van der Waals surface area (Å²) in [6.45, 7) is 0. The van der Waals surface area contributed by atoms with Crippen molar-refractivity contribution in [3.63, 3.8) is 0 Å². The Morgan fingerprint density at radius 2 is 1.64 bits per heavy atom. The van der Waals surface area contributed by atoms with Crippen molar-refractivity contribution in [2.24, 2.45) is 0 Å². The molecular formula is C12H18NP. The van der Waals surface area contributed by atoms with Crippen LogP contribution in [-0.2, 0) is 6.16 Å². The highest BCUT2D eigenvalue weighted by Gasteiger charge is 2.12. The average molecular weight is 207 g/mol. The smallest absolute Gasteiger partial charge is 0.0314 e. The summed E-state index contributed by atoms with van der Waals surface area (Å²) in [4.78, 5) is 0. The van der Waals surface area contributed by atoms with Gasteiger partial charge in [-0.1, -0.05) is 18.6 Å². The second kappa shape index (κ2) is 4.79. The lowest BCUT2D eigenvalue weighted by molar-refractivity contribution is 0.751. The summed E-state index contributed by atoms with van der Waals surface area (Å²) in [7, 11) is 0.302. The van der Waals surface area contributed by atoms with Crippen molar-refractivity contribution in [3.8, 4) is 0 Å². The Bertz CT molecular complexity index is 275. The highest BCUT2D eigenvalue weighted by Crippen LogP contribution is 2.44. The van der Waals surface area contributed by atoms with Gasteiger partial charge in [-0.05, 0) is 49.0 Å². The number of rotatable bonds is 2. The van der Waals surface area contributed by atoms with Crippen LogP contribution < -0.4 is 5.73 Å². The van der Waals surface area contributed by atoms with Gasteiger partial charge in [-0.15, -0.1) is 7.92 Å². The summed E-state index contributed by atoms with van der Waals surface area (Å²) in [6.07, 6.45) is 8.66. The first-order valence-electron chi connectivity index (χ1n) is 5.41. The molecule has 1 aromatic carbocycles. The normalized spacial score (nSPS) is 18.3. The molecule has 1 heterocycles. The molecule has 1 aromatic rings. The molecule has 2 N–H and O–H groups in total. The largest absolute Gasteiger partial charge is 0.399 e. The third-order valence-electron chi connectivity index (χ3n) is 2.83. The van der Waals surface area contributed by atoms with Crippen LogP contribution in [0.25, 0.3) is 0 Å². The quantitative estimate of drug-likeness (QED) is 0.583. The molecule has 1 aliphatic heterocycles. The van der Waals surface area contributed by atoms with Crippen LogP contribution in [0.2, 0.25) is 0 Å². The topological polar surface area (TPSA) is 26.0 Å². The number of hydrogen-bond acceptors (Lipinski definition) is 1. The fraction of sp³-hybridized carbons (Fsp3) is 0.500. The van der Waals surface area contributed by atoms with Crippen LogP contribution in [0.4, 0.5) is 5.69 Å². The van der Waals surface area contributed by atoms with E-state index in [1.54, 1.807) is 0 Å². The zero-order valence-corrected chi connectivity index (χ0v) is 9.47. The van der Waals surface area contributed by atoms with Crippen LogP contribution in [0.15, 0.2) is 24.3 Å². The average Bonchev–Trinajstić information content (AvgIpc) is 2.23. The lowest BCUT2D eigenvalue weighted by Gasteiger charge is -2.22. The molecule has 0 aromatic heterocycles. The zero-order chi connectivity index (χ0) is 9.80. The van der Waals surface area contributed by atoms with Crippen molar-refractivity contribution in [2.45, 2.75) is 25.4 Å². The molecule has 0 aliphatic carbocycles. The zero-order valence-electron chi connectivity index (χ0n) is 8.58. The van der Waals surface area contributed by atoms with Crippen LogP contribution in [0.5, 0.6) is 0 Å². The van der Waals surface area contributed by atoms with Gasteiger partial charge in [-0.2, -0.15) is 0 Å². The van der Waals surface area contributed by atoms with Gasteiger partial charge >= 0.3 is 0 Å². The third kappa shape index (κ3) is 2.72. The van der Waals surface area contributed by atoms with Gasteiger partial charge in [-0.3, -0.25) is 0 Å². The SMILES string of the molecule is Nc1ccc(CP2CCCCC2)cc1.